The largest absolute Gasteiger partial charge is 0.497 e. The van der Waals surface area contributed by atoms with E-state index in [1.165, 1.54) is 6.26 Å². The molecule has 0 aliphatic carbocycles. The molecule has 0 bridgehead atoms. The van der Waals surface area contributed by atoms with E-state index >= 15 is 0 Å². The minimum absolute atomic E-state index is 0.414. The number of benzene rings is 1. The van der Waals surface area contributed by atoms with Gasteiger partial charge in [-0.15, -0.1) is 0 Å². The second kappa shape index (κ2) is 4.67. The average molecular weight is 236 g/mol. The van der Waals surface area contributed by atoms with Gasteiger partial charge in [-0.2, -0.15) is 0 Å². The van der Waals surface area contributed by atoms with Crippen LogP contribution in [0.3, 0.4) is 0 Å². The van der Waals surface area contributed by atoms with Gasteiger partial charge >= 0.3 is 0 Å². The van der Waals surface area contributed by atoms with Gasteiger partial charge in [0, 0.05) is 0 Å². The van der Waals surface area contributed by atoms with Gasteiger partial charge in [0.1, 0.15) is 30.8 Å². The van der Waals surface area contributed by atoms with Crippen LogP contribution in [0.25, 0.3) is 0 Å². The zero-order chi connectivity index (χ0) is 12.3. The van der Waals surface area contributed by atoms with Crippen LogP contribution in [0.4, 0.5) is 0 Å². The molecule has 17 heavy (non-hydrogen) atoms. The standard InChI is InChI=1S/C13H16O4/c1-13(14,12-9-16-6-7-17-12)10-4-3-5-11(8-10)15-2/h3-5,8-9,14H,6-7H2,1-2H3. The third-order valence-corrected chi connectivity index (χ3v) is 2.76. The fourth-order valence-corrected chi connectivity index (χ4v) is 1.69. The average Bonchev–Trinajstić information content (AvgIpc) is 2.40. The monoisotopic (exact) mass is 236 g/mol. The minimum Gasteiger partial charge on any atom is -0.497 e. The van der Waals surface area contributed by atoms with Crippen molar-refractivity contribution in [2.24, 2.45) is 0 Å². The molecule has 0 saturated carbocycles. The summed E-state index contributed by atoms with van der Waals surface area (Å²) in [5, 5.41) is 10.5. The molecule has 0 fully saturated rings. The molecular formula is C13H16O4. The van der Waals surface area contributed by atoms with Crippen molar-refractivity contribution >= 4 is 0 Å². The van der Waals surface area contributed by atoms with Gasteiger partial charge in [0.2, 0.25) is 0 Å². The molecule has 4 heteroatoms. The minimum atomic E-state index is -1.21. The molecule has 1 aliphatic rings. The molecule has 1 aliphatic heterocycles. The van der Waals surface area contributed by atoms with E-state index in [4.69, 9.17) is 14.2 Å². The van der Waals surface area contributed by atoms with Crippen LogP contribution < -0.4 is 4.74 Å². The smallest absolute Gasteiger partial charge is 0.166 e. The third kappa shape index (κ3) is 2.36. The van der Waals surface area contributed by atoms with Crippen LogP contribution in [-0.2, 0) is 15.1 Å². The van der Waals surface area contributed by atoms with Crippen LogP contribution in [0.15, 0.2) is 36.3 Å². The van der Waals surface area contributed by atoms with Gasteiger partial charge in [-0.25, -0.2) is 0 Å². The predicted octanol–water partition coefficient (Wildman–Crippen LogP) is 1.79. The highest BCUT2D eigenvalue weighted by Gasteiger charge is 2.32. The van der Waals surface area contributed by atoms with E-state index in [2.05, 4.69) is 0 Å². The van der Waals surface area contributed by atoms with Crippen LogP contribution in [0.1, 0.15) is 12.5 Å². The second-order valence-electron chi connectivity index (χ2n) is 4.01. The van der Waals surface area contributed by atoms with Gasteiger partial charge in [0.05, 0.1) is 7.11 Å². The summed E-state index contributed by atoms with van der Waals surface area (Å²) in [6, 6.07) is 7.25. The van der Waals surface area contributed by atoms with Crippen molar-refractivity contribution in [2.75, 3.05) is 20.3 Å². The molecule has 0 radical (unpaired) electrons. The molecule has 1 aromatic rings. The van der Waals surface area contributed by atoms with Crippen LogP contribution in [-0.4, -0.2) is 25.4 Å². The fourth-order valence-electron chi connectivity index (χ4n) is 1.69. The first-order chi connectivity index (χ1) is 8.14. The van der Waals surface area contributed by atoms with E-state index in [-0.39, 0.29) is 0 Å². The maximum absolute atomic E-state index is 10.5. The SMILES string of the molecule is COc1cccc(C(C)(O)C2=COCCO2)c1. The van der Waals surface area contributed by atoms with Crippen LogP contribution in [0.2, 0.25) is 0 Å². The highest BCUT2D eigenvalue weighted by molar-refractivity contribution is 5.35. The zero-order valence-corrected chi connectivity index (χ0v) is 9.97. The Bertz CT molecular complexity index is 423. The Morgan fingerprint density at radius 2 is 2.18 bits per heavy atom. The van der Waals surface area contributed by atoms with Crippen LogP contribution >= 0.6 is 0 Å². The summed E-state index contributed by atoms with van der Waals surface area (Å²) < 4.78 is 15.7. The number of aliphatic hydroxyl groups is 1. The first-order valence-corrected chi connectivity index (χ1v) is 5.46. The van der Waals surface area contributed by atoms with Crippen LogP contribution in [0, 0.1) is 0 Å². The maximum atomic E-state index is 10.5. The molecular weight excluding hydrogens is 220 g/mol. The molecule has 1 heterocycles. The van der Waals surface area contributed by atoms with E-state index in [9.17, 15) is 5.11 Å². The van der Waals surface area contributed by atoms with Gasteiger partial charge in [-0.1, -0.05) is 12.1 Å². The van der Waals surface area contributed by atoms with Crippen LogP contribution in [0.5, 0.6) is 5.75 Å². The number of hydrogen-bond donors (Lipinski definition) is 1. The van der Waals surface area contributed by atoms with Crippen molar-refractivity contribution in [2.45, 2.75) is 12.5 Å². The molecule has 2 rings (SSSR count). The lowest BCUT2D eigenvalue weighted by atomic mass is 9.94. The van der Waals surface area contributed by atoms with Crippen molar-refractivity contribution in [3.63, 3.8) is 0 Å². The molecule has 0 aromatic heterocycles. The Labute approximate surface area is 100 Å². The molecule has 1 N–H and O–H groups in total. The quantitative estimate of drug-likeness (QED) is 0.869. The summed E-state index contributed by atoms with van der Waals surface area (Å²) in [6.07, 6.45) is 1.46. The van der Waals surface area contributed by atoms with Crippen molar-refractivity contribution in [3.05, 3.63) is 41.9 Å². The molecule has 92 valence electrons. The van der Waals surface area contributed by atoms with Crippen molar-refractivity contribution in [1.29, 1.82) is 0 Å². The maximum Gasteiger partial charge on any atom is 0.166 e. The number of hydrogen-bond acceptors (Lipinski definition) is 4. The van der Waals surface area contributed by atoms with Gasteiger partial charge in [0.15, 0.2) is 5.76 Å². The molecule has 0 amide bonds. The van der Waals surface area contributed by atoms with Gasteiger partial charge < -0.3 is 19.3 Å². The lowest BCUT2D eigenvalue weighted by molar-refractivity contribution is -0.0162. The summed E-state index contributed by atoms with van der Waals surface area (Å²) in [5.41, 5.74) is -0.511. The van der Waals surface area contributed by atoms with E-state index < -0.39 is 5.60 Å². The summed E-state index contributed by atoms with van der Waals surface area (Å²) in [6.45, 7) is 2.63. The summed E-state index contributed by atoms with van der Waals surface area (Å²) in [7, 11) is 1.59. The Balaban J connectivity index is 2.32. The number of methoxy groups -OCH3 is 1. The van der Waals surface area contributed by atoms with E-state index in [0.717, 1.165) is 0 Å². The Morgan fingerprint density at radius 3 is 2.82 bits per heavy atom. The van der Waals surface area contributed by atoms with Gasteiger partial charge in [0.25, 0.3) is 0 Å². The number of rotatable bonds is 3. The van der Waals surface area contributed by atoms with E-state index in [0.29, 0.717) is 30.3 Å². The fraction of sp³-hybridized carbons (Fsp3) is 0.385. The lowest BCUT2D eigenvalue weighted by Crippen LogP contribution is -2.28. The third-order valence-electron chi connectivity index (χ3n) is 2.76. The number of ether oxygens (including phenoxy) is 3. The first kappa shape index (κ1) is 11.8. The van der Waals surface area contributed by atoms with Gasteiger partial charge in [-0.3, -0.25) is 0 Å². The summed E-state index contributed by atoms with van der Waals surface area (Å²) in [4.78, 5) is 0. The van der Waals surface area contributed by atoms with Gasteiger partial charge in [-0.05, 0) is 24.6 Å². The first-order valence-electron chi connectivity index (χ1n) is 5.46. The highest BCUT2D eigenvalue weighted by Crippen LogP contribution is 2.32. The Hall–Kier alpha value is -1.68. The molecule has 1 unspecified atom stereocenters. The predicted molar refractivity (Wildman–Crippen MR) is 62.6 cm³/mol. The van der Waals surface area contributed by atoms with Crippen molar-refractivity contribution < 1.29 is 19.3 Å². The molecule has 0 spiro atoms. The summed E-state index contributed by atoms with van der Waals surface area (Å²) in [5.74, 6) is 1.11. The molecule has 0 saturated heterocycles. The highest BCUT2D eigenvalue weighted by atomic mass is 16.6. The van der Waals surface area contributed by atoms with E-state index in [1.807, 2.05) is 18.2 Å². The Kier molecular flexibility index (Phi) is 3.24. The lowest BCUT2D eigenvalue weighted by Gasteiger charge is -2.29. The normalized spacial score (nSPS) is 18.4. The molecule has 4 nitrogen and oxygen atoms in total. The van der Waals surface area contributed by atoms with E-state index in [1.54, 1.807) is 20.1 Å². The van der Waals surface area contributed by atoms with Crippen molar-refractivity contribution in [3.8, 4) is 5.75 Å². The topological polar surface area (TPSA) is 47.9 Å². The zero-order valence-electron chi connectivity index (χ0n) is 9.97. The second-order valence-corrected chi connectivity index (χ2v) is 4.01. The molecule has 1 atom stereocenters. The molecule has 1 aromatic carbocycles. The van der Waals surface area contributed by atoms with Crippen molar-refractivity contribution in [1.82, 2.24) is 0 Å². The summed E-state index contributed by atoms with van der Waals surface area (Å²) >= 11 is 0. The Morgan fingerprint density at radius 1 is 1.35 bits per heavy atom.